The number of alkyl halides is 1. The monoisotopic (exact) mass is 423 g/mol. The number of nitrogens with zero attached hydrogens (tertiary/aromatic N) is 5. The molecule has 4 rings (SSSR count). The third-order valence-electron chi connectivity index (χ3n) is 5.33. The number of pyridine rings is 1. The van der Waals surface area contributed by atoms with E-state index < -0.39 is 12.2 Å². The number of hydrogen-bond donors (Lipinski definition) is 2. The Kier molecular flexibility index (Phi) is 5.75. The van der Waals surface area contributed by atoms with Gasteiger partial charge in [0.2, 0.25) is 11.8 Å². The number of carbonyl (C=O) groups is 2. The fourth-order valence-electron chi connectivity index (χ4n) is 3.41. The lowest BCUT2D eigenvalue weighted by Crippen LogP contribution is -2.40. The zero-order chi connectivity index (χ0) is 22.0. The van der Waals surface area contributed by atoms with Crippen molar-refractivity contribution in [2.45, 2.75) is 38.4 Å². The molecule has 0 aromatic carbocycles. The van der Waals surface area contributed by atoms with Crippen molar-refractivity contribution in [3.63, 3.8) is 0 Å². The molecule has 0 bridgehead atoms. The summed E-state index contributed by atoms with van der Waals surface area (Å²) in [6.07, 6.45) is 5.62. The minimum Gasteiger partial charge on any atom is -0.372 e. The van der Waals surface area contributed by atoms with E-state index >= 15 is 0 Å². The van der Waals surface area contributed by atoms with Crippen LogP contribution in [0.5, 0.6) is 0 Å². The summed E-state index contributed by atoms with van der Waals surface area (Å²) >= 11 is 0. The summed E-state index contributed by atoms with van der Waals surface area (Å²) in [5.41, 5.74) is 1.61. The Morgan fingerprint density at radius 1 is 1.23 bits per heavy atom. The Hall–Kier alpha value is -3.61. The first-order chi connectivity index (χ1) is 14.9. The van der Waals surface area contributed by atoms with Gasteiger partial charge >= 0.3 is 0 Å². The molecule has 0 radical (unpaired) electrons. The van der Waals surface area contributed by atoms with Gasteiger partial charge in [-0.2, -0.15) is 5.26 Å². The van der Waals surface area contributed by atoms with E-state index in [4.69, 9.17) is 0 Å². The molecule has 2 N–H and O–H groups in total. The highest BCUT2D eigenvalue weighted by molar-refractivity contribution is 5.93. The largest absolute Gasteiger partial charge is 0.372 e. The van der Waals surface area contributed by atoms with Crippen molar-refractivity contribution in [2.75, 3.05) is 23.7 Å². The normalized spacial score (nSPS) is 18.9. The average molecular weight is 423 g/mol. The number of nitrogens with one attached hydrogen (secondary N) is 2. The van der Waals surface area contributed by atoms with Crippen molar-refractivity contribution in [2.24, 2.45) is 5.92 Å². The summed E-state index contributed by atoms with van der Waals surface area (Å²) in [5, 5.41) is 15.1. The lowest BCUT2D eigenvalue weighted by Gasteiger charge is -2.22. The molecular weight excluding hydrogens is 401 g/mol. The highest BCUT2D eigenvalue weighted by Gasteiger charge is 2.30. The van der Waals surface area contributed by atoms with Crippen LogP contribution in [0, 0.1) is 17.2 Å². The molecule has 3 heterocycles. The number of halogens is 1. The third kappa shape index (κ3) is 4.77. The van der Waals surface area contributed by atoms with Gasteiger partial charge in [0, 0.05) is 24.2 Å². The first-order valence-electron chi connectivity index (χ1n) is 10.2. The molecule has 2 aliphatic rings. The van der Waals surface area contributed by atoms with Crippen molar-refractivity contribution >= 4 is 23.3 Å². The van der Waals surface area contributed by atoms with Gasteiger partial charge in [-0.05, 0) is 32.3 Å². The van der Waals surface area contributed by atoms with E-state index in [0.717, 1.165) is 12.8 Å². The summed E-state index contributed by atoms with van der Waals surface area (Å²) in [6.45, 7) is 2.14. The van der Waals surface area contributed by atoms with Crippen LogP contribution in [0.1, 0.15) is 31.9 Å². The number of carbonyl (C=O) groups excluding carboxylic acids is 2. The summed E-state index contributed by atoms with van der Waals surface area (Å²) in [6, 6.07) is 3.02. The molecule has 2 amide bonds. The topological polar surface area (TPSA) is 124 Å². The molecule has 2 aromatic heterocycles. The minimum absolute atomic E-state index is 0.0516. The molecule has 2 aromatic rings. The van der Waals surface area contributed by atoms with Crippen LogP contribution in [0.4, 0.5) is 15.9 Å². The van der Waals surface area contributed by atoms with E-state index in [1.807, 2.05) is 6.07 Å². The van der Waals surface area contributed by atoms with Crippen molar-refractivity contribution in [1.82, 2.24) is 19.9 Å². The van der Waals surface area contributed by atoms with Crippen LogP contribution < -0.4 is 10.6 Å². The molecule has 2 fully saturated rings. The van der Waals surface area contributed by atoms with Gasteiger partial charge in [0.25, 0.3) is 0 Å². The van der Waals surface area contributed by atoms with Gasteiger partial charge in [0.15, 0.2) is 11.5 Å². The second-order valence-corrected chi connectivity index (χ2v) is 7.82. The van der Waals surface area contributed by atoms with Gasteiger partial charge in [-0.15, -0.1) is 0 Å². The zero-order valence-corrected chi connectivity index (χ0v) is 17.0. The van der Waals surface area contributed by atoms with Gasteiger partial charge in [-0.3, -0.25) is 14.6 Å². The Morgan fingerprint density at radius 2 is 2.03 bits per heavy atom. The molecule has 10 heteroatoms. The number of hydrogen-bond acceptors (Lipinski definition) is 7. The van der Waals surface area contributed by atoms with Crippen LogP contribution in [-0.2, 0) is 9.59 Å². The molecule has 1 aliphatic carbocycles. The predicted molar refractivity (Wildman–Crippen MR) is 111 cm³/mol. The van der Waals surface area contributed by atoms with Gasteiger partial charge < -0.3 is 15.5 Å². The van der Waals surface area contributed by atoms with Gasteiger partial charge in [0.1, 0.15) is 18.3 Å². The Morgan fingerprint density at radius 3 is 2.65 bits per heavy atom. The highest BCUT2D eigenvalue weighted by Crippen LogP contribution is 2.30. The summed E-state index contributed by atoms with van der Waals surface area (Å²) in [4.78, 5) is 38.6. The summed E-state index contributed by atoms with van der Waals surface area (Å²) in [5.74, 6) is 0.157. The fraction of sp³-hybridized carbons (Fsp3) is 0.429. The molecule has 9 nitrogen and oxygen atoms in total. The maximum absolute atomic E-state index is 13.4. The minimum atomic E-state index is -0.994. The standard InChI is InChI=1S/C21H22FN7O2/c1-12(21(31)29-5-4-15(22)11-29)27-16-6-14(8-24-17(16)7-23)18-9-26-19(10-25-18)28-20(30)13-2-3-13/h6,8-10,12-13,15,27H,2-5,11H2,1H3,(H,26,28,30)/t12-,15-/m0/s1. The fourth-order valence-corrected chi connectivity index (χ4v) is 3.41. The number of aromatic nitrogens is 3. The lowest BCUT2D eigenvalue weighted by molar-refractivity contribution is -0.130. The summed E-state index contributed by atoms with van der Waals surface area (Å²) < 4.78 is 13.4. The van der Waals surface area contributed by atoms with Crippen LogP contribution in [0.15, 0.2) is 24.7 Å². The number of anilines is 2. The Bertz CT molecular complexity index is 1030. The molecule has 160 valence electrons. The highest BCUT2D eigenvalue weighted by atomic mass is 19.1. The first-order valence-corrected chi connectivity index (χ1v) is 10.2. The molecule has 0 spiro atoms. The third-order valence-corrected chi connectivity index (χ3v) is 5.33. The maximum atomic E-state index is 13.4. The molecular formula is C21H22FN7O2. The number of likely N-dealkylation sites (tertiary alicyclic amines) is 1. The van der Waals surface area contributed by atoms with Gasteiger partial charge in [0.05, 0.1) is 30.3 Å². The van der Waals surface area contributed by atoms with Crippen LogP contribution >= 0.6 is 0 Å². The van der Waals surface area contributed by atoms with Crippen molar-refractivity contribution in [3.05, 3.63) is 30.4 Å². The quantitative estimate of drug-likeness (QED) is 0.729. The maximum Gasteiger partial charge on any atom is 0.244 e. The first kappa shape index (κ1) is 20.7. The van der Waals surface area contributed by atoms with Crippen LogP contribution in [0.2, 0.25) is 0 Å². The van der Waals surface area contributed by atoms with E-state index in [1.165, 1.54) is 23.5 Å². The van der Waals surface area contributed by atoms with Crippen LogP contribution in [0.3, 0.4) is 0 Å². The van der Waals surface area contributed by atoms with Gasteiger partial charge in [-0.25, -0.2) is 14.4 Å². The van der Waals surface area contributed by atoms with E-state index in [-0.39, 0.29) is 30.0 Å². The number of nitriles is 1. The number of amides is 2. The SMILES string of the molecule is C[C@H](Nc1cc(-c2cnc(NC(=O)C3CC3)cn2)cnc1C#N)C(=O)N1CC[C@H](F)C1. The lowest BCUT2D eigenvalue weighted by atomic mass is 10.1. The van der Waals surface area contributed by atoms with Crippen molar-refractivity contribution in [3.8, 4) is 17.3 Å². The molecule has 1 saturated heterocycles. The van der Waals surface area contributed by atoms with E-state index in [1.54, 1.807) is 13.0 Å². The molecule has 1 aliphatic heterocycles. The second kappa shape index (κ2) is 8.63. The zero-order valence-electron chi connectivity index (χ0n) is 17.0. The van der Waals surface area contributed by atoms with E-state index in [2.05, 4.69) is 25.6 Å². The Balaban J connectivity index is 1.48. The molecule has 0 unspecified atom stereocenters. The smallest absolute Gasteiger partial charge is 0.244 e. The molecule has 31 heavy (non-hydrogen) atoms. The molecule has 2 atom stereocenters. The van der Waals surface area contributed by atoms with Crippen molar-refractivity contribution in [1.29, 1.82) is 5.26 Å². The second-order valence-electron chi connectivity index (χ2n) is 7.82. The van der Waals surface area contributed by atoms with E-state index in [9.17, 15) is 19.2 Å². The number of rotatable bonds is 6. The summed E-state index contributed by atoms with van der Waals surface area (Å²) in [7, 11) is 0. The van der Waals surface area contributed by atoms with Crippen molar-refractivity contribution < 1.29 is 14.0 Å². The average Bonchev–Trinajstić information content (AvgIpc) is 3.54. The van der Waals surface area contributed by atoms with Crippen LogP contribution in [0.25, 0.3) is 11.3 Å². The predicted octanol–water partition coefficient (Wildman–Crippen LogP) is 2.13. The van der Waals surface area contributed by atoms with Gasteiger partial charge in [-0.1, -0.05) is 0 Å². The van der Waals surface area contributed by atoms with E-state index in [0.29, 0.717) is 35.7 Å². The molecule has 1 saturated carbocycles. The Labute approximate surface area is 178 Å². The van der Waals surface area contributed by atoms with Crippen LogP contribution in [-0.4, -0.2) is 57.0 Å².